The Kier molecular flexibility index (Phi) is 6.00. The highest BCUT2D eigenvalue weighted by atomic mass is 35.5. The van der Waals surface area contributed by atoms with E-state index in [9.17, 15) is 4.79 Å². The van der Waals surface area contributed by atoms with Gasteiger partial charge < -0.3 is 15.3 Å². The van der Waals surface area contributed by atoms with Crippen molar-refractivity contribution in [2.24, 2.45) is 10.9 Å². The summed E-state index contributed by atoms with van der Waals surface area (Å²) in [5, 5.41) is 4.66. The summed E-state index contributed by atoms with van der Waals surface area (Å²) >= 11 is 6.39. The smallest absolute Gasteiger partial charge is 0.404 e. The third-order valence-corrected chi connectivity index (χ3v) is 3.56. The van der Waals surface area contributed by atoms with E-state index in [2.05, 4.69) is 5.16 Å². The molecule has 120 valence electrons. The van der Waals surface area contributed by atoms with E-state index in [0.717, 1.165) is 11.1 Å². The molecule has 0 bridgehead atoms. The molecule has 6 heteroatoms. The minimum atomic E-state index is -0.800. The Balaban J connectivity index is 2.10. The molecular formula is C17H17ClN2O3. The summed E-state index contributed by atoms with van der Waals surface area (Å²) in [4.78, 5) is 16.0. The molecule has 0 aliphatic carbocycles. The van der Waals surface area contributed by atoms with Crippen LogP contribution in [0.3, 0.4) is 0 Å². The van der Waals surface area contributed by atoms with E-state index in [1.54, 1.807) is 0 Å². The minimum Gasteiger partial charge on any atom is -0.449 e. The summed E-state index contributed by atoms with van der Waals surface area (Å²) in [6.45, 7) is 1.99. The highest BCUT2D eigenvalue weighted by Gasteiger charge is 2.10. The van der Waals surface area contributed by atoms with Crippen LogP contribution in [-0.2, 0) is 11.2 Å². The average molecular weight is 333 g/mol. The number of nitrogens with zero attached hydrogens (tertiary/aromatic N) is 1. The van der Waals surface area contributed by atoms with E-state index >= 15 is 0 Å². The first-order chi connectivity index (χ1) is 11.1. The van der Waals surface area contributed by atoms with Crippen molar-refractivity contribution in [3.05, 3.63) is 64.7 Å². The zero-order valence-electron chi connectivity index (χ0n) is 12.7. The van der Waals surface area contributed by atoms with Gasteiger partial charge in [-0.15, -0.1) is 0 Å². The highest BCUT2D eigenvalue weighted by molar-refractivity contribution is 6.34. The van der Waals surface area contributed by atoms with Gasteiger partial charge in [-0.05, 0) is 24.6 Å². The van der Waals surface area contributed by atoms with Crippen molar-refractivity contribution in [1.29, 1.82) is 0 Å². The molecule has 0 heterocycles. The van der Waals surface area contributed by atoms with Gasteiger partial charge in [0.05, 0.1) is 17.3 Å². The van der Waals surface area contributed by atoms with Crippen molar-refractivity contribution in [3.8, 4) is 5.75 Å². The number of ether oxygens (including phenoxy) is 1. The minimum absolute atomic E-state index is 0.176. The van der Waals surface area contributed by atoms with Gasteiger partial charge in [-0.2, -0.15) is 0 Å². The molecule has 0 saturated carbocycles. The molecule has 0 aliphatic rings. The van der Waals surface area contributed by atoms with Gasteiger partial charge in [0.15, 0.2) is 5.75 Å². The van der Waals surface area contributed by atoms with Crippen molar-refractivity contribution < 1.29 is 14.4 Å². The van der Waals surface area contributed by atoms with Gasteiger partial charge >= 0.3 is 6.09 Å². The first-order valence-electron chi connectivity index (χ1n) is 7.04. The Morgan fingerprint density at radius 1 is 1.17 bits per heavy atom. The number of oxime groups is 1. The SMILES string of the molecule is C/C(=N/Oc1ccccc1)c1cccc(CCOC(N)=O)c1Cl. The molecule has 2 N–H and O–H groups in total. The van der Waals surface area contributed by atoms with Crippen molar-refractivity contribution in [2.75, 3.05) is 6.61 Å². The predicted molar refractivity (Wildman–Crippen MR) is 90.0 cm³/mol. The van der Waals surface area contributed by atoms with Crippen LogP contribution in [0.1, 0.15) is 18.1 Å². The van der Waals surface area contributed by atoms with Gasteiger partial charge in [-0.25, -0.2) is 4.79 Å². The molecule has 0 saturated heterocycles. The van der Waals surface area contributed by atoms with Crippen LogP contribution in [0, 0.1) is 0 Å². The first kappa shape index (κ1) is 16.8. The Hall–Kier alpha value is -2.53. The molecule has 0 radical (unpaired) electrons. The van der Waals surface area contributed by atoms with Crippen LogP contribution < -0.4 is 10.6 Å². The summed E-state index contributed by atoms with van der Waals surface area (Å²) in [6, 6.07) is 14.8. The Bertz CT molecular complexity index is 702. The summed E-state index contributed by atoms with van der Waals surface area (Å²) in [5.74, 6) is 0.647. The number of rotatable bonds is 6. The van der Waals surface area contributed by atoms with Crippen LogP contribution in [0.2, 0.25) is 5.02 Å². The summed E-state index contributed by atoms with van der Waals surface area (Å²) in [7, 11) is 0. The molecule has 1 amide bonds. The second kappa shape index (κ2) is 8.19. The third-order valence-electron chi connectivity index (χ3n) is 3.12. The van der Waals surface area contributed by atoms with Crippen molar-refractivity contribution in [1.82, 2.24) is 0 Å². The van der Waals surface area contributed by atoms with E-state index in [0.29, 0.717) is 22.9 Å². The Morgan fingerprint density at radius 3 is 2.61 bits per heavy atom. The summed E-state index contributed by atoms with van der Waals surface area (Å²) < 4.78 is 4.73. The molecule has 0 spiro atoms. The van der Waals surface area contributed by atoms with Crippen LogP contribution in [0.4, 0.5) is 4.79 Å². The molecule has 2 aromatic rings. The first-order valence-corrected chi connectivity index (χ1v) is 7.42. The van der Waals surface area contributed by atoms with Gasteiger partial charge in [0, 0.05) is 12.0 Å². The van der Waals surface area contributed by atoms with Gasteiger partial charge in [-0.3, -0.25) is 0 Å². The fourth-order valence-corrected chi connectivity index (χ4v) is 2.32. The van der Waals surface area contributed by atoms with Gasteiger partial charge in [0.2, 0.25) is 0 Å². The quantitative estimate of drug-likeness (QED) is 0.646. The molecule has 5 nitrogen and oxygen atoms in total. The van der Waals surface area contributed by atoms with Crippen LogP contribution >= 0.6 is 11.6 Å². The van der Waals surface area contributed by atoms with Gasteiger partial charge in [-0.1, -0.05) is 53.2 Å². The van der Waals surface area contributed by atoms with Crippen molar-refractivity contribution in [3.63, 3.8) is 0 Å². The number of carbonyl (C=O) groups excluding carboxylic acids is 1. The molecule has 23 heavy (non-hydrogen) atoms. The lowest BCUT2D eigenvalue weighted by Crippen LogP contribution is -2.15. The lowest BCUT2D eigenvalue weighted by molar-refractivity contribution is 0.158. The van der Waals surface area contributed by atoms with Crippen LogP contribution in [0.25, 0.3) is 0 Å². The zero-order chi connectivity index (χ0) is 16.7. The van der Waals surface area contributed by atoms with E-state index in [4.69, 9.17) is 26.9 Å². The van der Waals surface area contributed by atoms with Crippen molar-refractivity contribution >= 4 is 23.4 Å². The van der Waals surface area contributed by atoms with E-state index < -0.39 is 6.09 Å². The van der Waals surface area contributed by atoms with Gasteiger partial charge in [0.25, 0.3) is 0 Å². The topological polar surface area (TPSA) is 73.9 Å². The number of halogens is 1. The number of hydrogen-bond donors (Lipinski definition) is 1. The number of carbonyl (C=O) groups is 1. The number of primary amides is 1. The standard InChI is InChI=1S/C17H17ClN2O3/c1-12(20-23-14-7-3-2-4-8-14)15-9-5-6-13(16(15)18)10-11-22-17(19)21/h2-9H,10-11H2,1H3,(H2,19,21)/b20-12-. The van der Waals surface area contributed by atoms with E-state index in [1.165, 1.54) is 0 Å². The number of para-hydroxylation sites is 1. The Labute approximate surface area is 139 Å². The monoisotopic (exact) mass is 332 g/mol. The lowest BCUT2D eigenvalue weighted by Gasteiger charge is -2.09. The summed E-state index contributed by atoms with van der Waals surface area (Å²) in [6.07, 6.45) is -0.325. The van der Waals surface area contributed by atoms with Crippen LogP contribution in [0.5, 0.6) is 5.75 Å². The molecule has 2 aromatic carbocycles. The summed E-state index contributed by atoms with van der Waals surface area (Å²) in [5.41, 5.74) is 7.20. The average Bonchev–Trinajstić information content (AvgIpc) is 2.55. The van der Waals surface area contributed by atoms with Crippen LogP contribution in [-0.4, -0.2) is 18.4 Å². The number of nitrogens with two attached hydrogens (primary N) is 1. The normalized spacial score (nSPS) is 11.1. The number of benzene rings is 2. The third kappa shape index (κ3) is 5.00. The maximum atomic E-state index is 10.6. The molecule has 0 aromatic heterocycles. The van der Waals surface area contributed by atoms with E-state index in [1.807, 2.05) is 55.5 Å². The second-order valence-electron chi connectivity index (χ2n) is 4.78. The molecule has 2 rings (SSSR count). The molecular weight excluding hydrogens is 316 g/mol. The Morgan fingerprint density at radius 2 is 1.91 bits per heavy atom. The molecule has 0 fully saturated rings. The van der Waals surface area contributed by atoms with Crippen LogP contribution in [0.15, 0.2) is 53.7 Å². The van der Waals surface area contributed by atoms with Crippen molar-refractivity contribution in [2.45, 2.75) is 13.3 Å². The van der Waals surface area contributed by atoms with Gasteiger partial charge in [0.1, 0.15) is 0 Å². The van der Waals surface area contributed by atoms with E-state index in [-0.39, 0.29) is 6.61 Å². The molecule has 0 unspecified atom stereocenters. The highest BCUT2D eigenvalue weighted by Crippen LogP contribution is 2.23. The molecule has 0 atom stereocenters. The number of hydrogen-bond acceptors (Lipinski definition) is 4. The largest absolute Gasteiger partial charge is 0.449 e. The maximum absolute atomic E-state index is 10.6. The predicted octanol–water partition coefficient (Wildman–Crippen LogP) is 3.78. The fourth-order valence-electron chi connectivity index (χ4n) is 1.97. The maximum Gasteiger partial charge on any atom is 0.404 e. The zero-order valence-corrected chi connectivity index (χ0v) is 13.4. The second-order valence-corrected chi connectivity index (χ2v) is 5.16. The number of amides is 1. The molecule has 0 aliphatic heterocycles. The fraction of sp³-hybridized carbons (Fsp3) is 0.176. The lowest BCUT2D eigenvalue weighted by atomic mass is 10.1.